The zero-order valence-electron chi connectivity index (χ0n) is 12.3. The molecule has 2 heterocycles. The predicted molar refractivity (Wildman–Crippen MR) is 74.1 cm³/mol. The van der Waals surface area contributed by atoms with Crippen LogP contribution in [0.5, 0.6) is 0 Å². The van der Waals surface area contributed by atoms with Crippen LogP contribution in [-0.2, 0) is 6.54 Å². The third-order valence-corrected chi connectivity index (χ3v) is 4.51. The minimum atomic E-state index is -4.56. The largest absolute Gasteiger partial charge is 0.417 e. The Morgan fingerprint density at radius 3 is 2.45 bits per heavy atom. The number of alkyl halides is 3. The van der Waals surface area contributed by atoms with Gasteiger partial charge < -0.3 is 5.11 Å². The Hall–Kier alpha value is -1.21. The molecule has 1 unspecified atom stereocenters. The van der Waals surface area contributed by atoms with E-state index in [-0.39, 0.29) is 19.4 Å². The first kappa shape index (κ1) is 15.7. The second kappa shape index (κ2) is 5.77. The average molecular weight is 315 g/mol. The first-order valence-electron chi connectivity index (χ1n) is 7.70. The fourth-order valence-corrected chi connectivity index (χ4v) is 2.87. The highest BCUT2D eigenvalue weighted by atomic mass is 19.4. The maximum atomic E-state index is 12.9. The summed E-state index contributed by atoms with van der Waals surface area (Å²) in [6.07, 6.45) is 1.07. The molecule has 2 fully saturated rings. The van der Waals surface area contributed by atoms with Crippen molar-refractivity contribution < 1.29 is 18.3 Å². The van der Waals surface area contributed by atoms with Gasteiger partial charge in [-0.15, -0.1) is 0 Å². The molecule has 1 atom stereocenters. The van der Waals surface area contributed by atoms with Gasteiger partial charge in [0.05, 0.1) is 0 Å². The van der Waals surface area contributed by atoms with Crippen molar-refractivity contribution in [2.75, 3.05) is 13.1 Å². The van der Waals surface area contributed by atoms with Crippen molar-refractivity contribution >= 4 is 0 Å². The molecule has 1 aliphatic heterocycles. The number of likely N-dealkylation sites (tertiary alicyclic amines) is 1. The van der Waals surface area contributed by atoms with Gasteiger partial charge in [0, 0.05) is 37.0 Å². The van der Waals surface area contributed by atoms with Crippen LogP contribution < -0.4 is 0 Å². The van der Waals surface area contributed by atoms with Gasteiger partial charge in [0.15, 0.2) is 5.60 Å². The highest BCUT2D eigenvalue weighted by Gasteiger charge is 2.53. The van der Waals surface area contributed by atoms with Crippen LogP contribution in [0.1, 0.15) is 49.4 Å². The maximum Gasteiger partial charge on any atom is 0.417 e. The number of halogens is 3. The molecule has 2 aliphatic rings. The summed E-state index contributed by atoms with van der Waals surface area (Å²) < 4.78 is 38.7. The molecule has 1 N–H and O–H groups in total. The lowest BCUT2D eigenvalue weighted by atomic mass is 9.94. The Bertz CT molecular complexity index is 516. The van der Waals surface area contributed by atoms with Crippen molar-refractivity contribution in [2.24, 2.45) is 0 Å². The van der Waals surface area contributed by atoms with E-state index in [2.05, 4.69) is 9.97 Å². The summed E-state index contributed by atoms with van der Waals surface area (Å²) in [5.74, 6) is 1.36. The molecular formula is C15H20F3N3O. The summed E-state index contributed by atoms with van der Waals surface area (Å²) >= 11 is 0. The molecule has 1 saturated carbocycles. The molecule has 4 nitrogen and oxygen atoms in total. The van der Waals surface area contributed by atoms with Crippen LogP contribution in [0, 0.1) is 0 Å². The van der Waals surface area contributed by atoms with Gasteiger partial charge in [-0.3, -0.25) is 4.90 Å². The standard InChI is InChI=1S/C15H20F3N3O/c16-15(17,18)14(22)4-1-6-21(7-5-14)10-11-8-19-13(20-9-11)12-2-3-12/h8-9,12,22H,1-7,10H2. The molecule has 1 aromatic heterocycles. The van der Waals surface area contributed by atoms with Crippen LogP contribution >= 0.6 is 0 Å². The normalized spacial score (nSPS) is 27.6. The Morgan fingerprint density at radius 2 is 1.86 bits per heavy atom. The van der Waals surface area contributed by atoms with Crippen molar-refractivity contribution in [3.8, 4) is 0 Å². The quantitative estimate of drug-likeness (QED) is 0.931. The van der Waals surface area contributed by atoms with Crippen molar-refractivity contribution in [1.29, 1.82) is 0 Å². The van der Waals surface area contributed by atoms with E-state index in [9.17, 15) is 18.3 Å². The molecule has 7 heteroatoms. The smallest absolute Gasteiger partial charge is 0.380 e. The number of hydrogen-bond donors (Lipinski definition) is 1. The van der Waals surface area contributed by atoms with E-state index in [0.717, 1.165) is 24.2 Å². The molecule has 0 aromatic carbocycles. The molecule has 122 valence electrons. The van der Waals surface area contributed by atoms with Gasteiger partial charge in [-0.25, -0.2) is 9.97 Å². The van der Waals surface area contributed by atoms with E-state index in [4.69, 9.17) is 0 Å². The maximum absolute atomic E-state index is 12.9. The average Bonchev–Trinajstić information content (AvgIpc) is 3.28. The number of nitrogens with zero attached hydrogens (tertiary/aromatic N) is 3. The Morgan fingerprint density at radius 1 is 1.18 bits per heavy atom. The lowest BCUT2D eigenvalue weighted by molar-refractivity contribution is -0.263. The van der Waals surface area contributed by atoms with Gasteiger partial charge in [-0.2, -0.15) is 13.2 Å². The topological polar surface area (TPSA) is 49.2 Å². The summed E-state index contributed by atoms with van der Waals surface area (Å²) in [5, 5.41) is 9.80. The van der Waals surface area contributed by atoms with E-state index >= 15 is 0 Å². The van der Waals surface area contributed by atoms with Crippen molar-refractivity contribution in [2.45, 2.75) is 56.3 Å². The second-order valence-corrected chi connectivity index (χ2v) is 6.38. The van der Waals surface area contributed by atoms with E-state index in [0.29, 0.717) is 25.4 Å². The number of hydrogen-bond acceptors (Lipinski definition) is 4. The minimum Gasteiger partial charge on any atom is -0.380 e. The minimum absolute atomic E-state index is 0.223. The van der Waals surface area contributed by atoms with Gasteiger partial charge in [0.25, 0.3) is 0 Å². The summed E-state index contributed by atoms with van der Waals surface area (Å²) in [7, 11) is 0. The van der Waals surface area contributed by atoms with E-state index in [1.54, 1.807) is 12.4 Å². The molecule has 22 heavy (non-hydrogen) atoms. The predicted octanol–water partition coefficient (Wildman–Crippen LogP) is 2.63. The van der Waals surface area contributed by atoms with Crippen molar-refractivity contribution in [1.82, 2.24) is 14.9 Å². The molecule has 0 bridgehead atoms. The lowest BCUT2D eigenvalue weighted by Gasteiger charge is -2.29. The molecule has 1 saturated heterocycles. The third kappa shape index (κ3) is 3.41. The Labute approximate surface area is 127 Å². The zero-order chi connectivity index (χ0) is 15.8. The molecule has 0 amide bonds. The molecule has 1 aromatic rings. The number of aromatic nitrogens is 2. The first-order chi connectivity index (χ1) is 10.4. The van der Waals surface area contributed by atoms with Crippen LogP contribution in [0.25, 0.3) is 0 Å². The molecule has 0 radical (unpaired) electrons. The zero-order valence-corrected chi connectivity index (χ0v) is 12.3. The van der Waals surface area contributed by atoms with Crippen molar-refractivity contribution in [3.63, 3.8) is 0 Å². The molecule has 3 rings (SSSR count). The molecule has 1 aliphatic carbocycles. The van der Waals surface area contributed by atoms with Gasteiger partial charge in [0.2, 0.25) is 0 Å². The van der Waals surface area contributed by atoms with E-state index in [1.807, 2.05) is 4.90 Å². The van der Waals surface area contributed by atoms with Gasteiger partial charge in [-0.1, -0.05) is 0 Å². The van der Waals surface area contributed by atoms with E-state index < -0.39 is 11.8 Å². The Balaban J connectivity index is 1.59. The summed E-state index contributed by atoms with van der Waals surface area (Å²) in [6.45, 7) is 1.29. The van der Waals surface area contributed by atoms with Gasteiger partial charge in [0.1, 0.15) is 5.82 Å². The highest BCUT2D eigenvalue weighted by molar-refractivity contribution is 5.10. The number of aliphatic hydroxyl groups is 1. The van der Waals surface area contributed by atoms with Crippen LogP contribution in [0.2, 0.25) is 0 Å². The van der Waals surface area contributed by atoms with Crippen LogP contribution in [0.4, 0.5) is 13.2 Å². The second-order valence-electron chi connectivity index (χ2n) is 6.38. The van der Waals surface area contributed by atoms with Crippen LogP contribution in [0.3, 0.4) is 0 Å². The third-order valence-electron chi connectivity index (χ3n) is 4.51. The van der Waals surface area contributed by atoms with Gasteiger partial charge in [-0.05, 0) is 38.6 Å². The van der Waals surface area contributed by atoms with Crippen LogP contribution in [0.15, 0.2) is 12.4 Å². The van der Waals surface area contributed by atoms with E-state index in [1.165, 1.54) is 0 Å². The highest BCUT2D eigenvalue weighted by Crippen LogP contribution is 2.39. The fraction of sp³-hybridized carbons (Fsp3) is 0.733. The monoisotopic (exact) mass is 315 g/mol. The molecular weight excluding hydrogens is 295 g/mol. The summed E-state index contributed by atoms with van der Waals surface area (Å²) in [6, 6.07) is 0. The summed E-state index contributed by atoms with van der Waals surface area (Å²) in [4.78, 5) is 10.6. The fourth-order valence-electron chi connectivity index (χ4n) is 2.87. The lowest BCUT2D eigenvalue weighted by Crippen LogP contribution is -2.45. The van der Waals surface area contributed by atoms with Crippen molar-refractivity contribution in [3.05, 3.63) is 23.8 Å². The molecule has 0 spiro atoms. The first-order valence-corrected chi connectivity index (χ1v) is 7.70. The number of rotatable bonds is 3. The Kier molecular flexibility index (Phi) is 4.11. The SMILES string of the molecule is OC1(C(F)(F)F)CCCN(Cc2cnc(C3CC3)nc2)CC1. The van der Waals surface area contributed by atoms with Crippen LogP contribution in [-0.4, -0.2) is 44.8 Å². The van der Waals surface area contributed by atoms with Gasteiger partial charge >= 0.3 is 6.18 Å². The summed E-state index contributed by atoms with van der Waals surface area (Å²) in [5.41, 5.74) is -1.64.